The zero-order chi connectivity index (χ0) is 17.2. The maximum atomic E-state index is 5.82. The maximum absolute atomic E-state index is 5.82. The van der Waals surface area contributed by atoms with Crippen molar-refractivity contribution in [1.29, 1.82) is 0 Å². The minimum atomic E-state index is 0.161. The third kappa shape index (κ3) is 3.43. The zero-order valence-electron chi connectivity index (χ0n) is 14.0. The fourth-order valence-corrected chi connectivity index (χ4v) is 3.49. The predicted octanol–water partition coefficient (Wildman–Crippen LogP) is 1.53. The van der Waals surface area contributed by atoms with Crippen molar-refractivity contribution < 1.29 is 9.47 Å². The minimum Gasteiger partial charge on any atom is -0.490 e. The largest absolute Gasteiger partial charge is 0.490 e. The highest BCUT2D eigenvalue weighted by Gasteiger charge is 2.28. The first kappa shape index (κ1) is 15.9. The van der Waals surface area contributed by atoms with Crippen molar-refractivity contribution in [2.45, 2.75) is 31.8 Å². The summed E-state index contributed by atoms with van der Waals surface area (Å²) in [4.78, 5) is 14.6. The molecule has 4 N–H and O–H groups in total. The molecule has 0 spiro atoms. The number of benzene rings is 1. The van der Waals surface area contributed by atoms with Gasteiger partial charge in [-0.25, -0.2) is 0 Å². The average Bonchev–Trinajstić information content (AvgIpc) is 2.89. The number of ether oxygens (including phenoxy) is 2. The highest BCUT2D eigenvalue weighted by Crippen LogP contribution is 2.38. The first-order valence-electron chi connectivity index (χ1n) is 8.58. The highest BCUT2D eigenvalue weighted by atomic mass is 16.5. The number of aromatic nitrogens is 3. The number of hydrogen-bond acceptors (Lipinski definition) is 8. The molecule has 0 saturated carbocycles. The molecule has 1 fully saturated rings. The van der Waals surface area contributed by atoms with Crippen LogP contribution in [0, 0.1) is 0 Å². The third-order valence-corrected chi connectivity index (χ3v) is 4.58. The van der Waals surface area contributed by atoms with Gasteiger partial charge >= 0.3 is 0 Å². The van der Waals surface area contributed by atoms with E-state index in [-0.39, 0.29) is 17.9 Å². The fourth-order valence-electron chi connectivity index (χ4n) is 3.49. The lowest BCUT2D eigenvalue weighted by Crippen LogP contribution is -2.24. The van der Waals surface area contributed by atoms with E-state index in [4.69, 9.17) is 20.9 Å². The van der Waals surface area contributed by atoms with E-state index >= 15 is 0 Å². The molecule has 3 heterocycles. The van der Waals surface area contributed by atoms with Crippen LogP contribution in [0.1, 0.15) is 36.7 Å². The summed E-state index contributed by atoms with van der Waals surface area (Å²) in [5, 5.41) is 0. The Morgan fingerprint density at radius 1 is 1.00 bits per heavy atom. The Kier molecular flexibility index (Phi) is 4.27. The average molecular weight is 342 g/mol. The first-order valence-corrected chi connectivity index (χ1v) is 8.58. The van der Waals surface area contributed by atoms with Crippen LogP contribution in [0.15, 0.2) is 18.2 Å². The molecule has 0 amide bonds. The van der Waals surface area contributed by atoms with Gasteiger partial charge in [0.1, 0.15) is 5.82 Å². The molecule has 1 saturated heterocycles. The summed E-state index contributed by atoms with van der Waals surface area (Å²) in [6, 6.07) is 6.51. The summed E-state index contributed by atoms with van der Waals surface area (Å²) < 4.78 is 11.5. The Morgan fingerprint density at radius 3 is 2.56 bits per heavy atom. The van der Waals surface area contributed by atoms with Crippen molar-refractivity contribution in [2.75, 3.05) is 31.2 Å². The molecule has 25 heavy (non-hydrogen) atoms. The smallest absolute Gasteiger partial charge is 0.225 e. The van der Waals surface area contributed by atoms with Crippen molar-refractivity contribution in [1.82, 2.24) is 19.9 Å². The molecule has 8 heteroatoms. The molecule has 2 aromatic rings. The number of nitrogen functional groups attached to an aromatic ring is 2. The lowest BCUT2D eigenvalue weighted by Gasteiger charge is -2.24. The van der Waals surface area contributed by atoms with Crippen LogP contribution in [-0.2, 0) is 6.54 Å². The van der Waals surface area contributed by atoms with Crippen LogP contribution < -0.4 is 20.9 Å². The first-order chi connectivity index (χ1) is 12.2. The van der Waals surface area contributed by atoms with Crippen molar-refractivity contribution in [3.63, 3.8) is 0 Å². The summed E-state index contributed by atoms with van der Waals surface area (Å²) >= 11 is 0. The van der Waals surface area contributed by atoms with Gasteiger partial charge in [-0.2, -0.15) is 15.0 Å². The van der Waals surface area contributed by atoms with Gasteiger partial charge in [-0.05, 0) is 37.1 Å². The van der Waals surface area contributed by atoms with Gasteiger partial charge in [0.15, 0.2) is 11.5 Å². The topological polar surface area (TPSA) is 112 Å². The molecule has 1 aromatic carbocycles. The predicted molar refractivity (Wildman–Crippen MR) is 93.1 cm³/mol. The molecular weight excluding hydrogens is 320 g/mol. The molecule has 2 aliphatic rings. The van der Waals surface area contributed by atoms with Crippen LogP contribution in [0.4, 0.5) is 11.9 Å². The highest BCUT2D eigenvalue weighted by molar-refractivity contribution is 5.44. The number of nitrogens with two attached hydrogens (primary N) is 2. The molecule has 0 bridgehead atoms. The van der Waals surface area contributed by atoms with E-state index < -0.39 is 0 Å². The SMILES string of the molecule is Nc1nc(N)nc(CN2CCCC2c2ccc3c(c2)OCCCO3)n1. The second-order valence-corrected chi connectivity index (χ2v) is 6.35. The second-order valence-electron chi connectivity index (χ2n) is 6.35. The Balaban J connectivity index is 1.56. The molecule has 1 unspecified atom stereocenters. The summed E-state index contributed by atoms with van der Waals surface area (Å²) in [6.07, 6.45) is 3.10. The van der Waals surface area contributed by atoms with Gasteiger partial charge in [0, 0.05) is 12.5 Å². The normalized spacial score (nSPS) is 20.4. The van der Waals surface area contributed by atoms with Gasteiger partial charge in [0.2, 0.25) is 11.9 Å². The summed E-state index contributed by atoms with van der Waals surface area (Å²) in [6.45, 7) is 2.96. The number of hydrogen-bond donors (Lipinski definition) is 2. The third-order valence-electron chi connectivity index (χ3n) is 4.58. The molecule has 0 radical (unpaired) electrons. The summed E-state index contributed by atoms with van der Waals surface area (Å²) in [5.74, 6) is 2.58. The van der Waals surface area contributed by atoms with Gasteiger partial charge < -0.3 is 20.9 Å². The molecule has 2 aliphatic heterocycles. The van der Waals surface area contributed by atoms with Crippen LogP contribution >= 0.6 is 0 Å². The monoisotopic (exact) mass is 342 g/mol. The Hall–Kier alpha value is -2.61. The van der Waals surface area contributed by atoms with Gasteiger partial charge in [0.25, 0.3) is 0 Å². The van der Waals surface area contributed by atoms with Crippen molar-refractivity contribution in [3.8, 4) is 11.5 Å². The van der Waals surface area contributed by atoms with Gasteiger partial charge in [-0.15, -0.1) is 0 Å². The molecule has 4 rings (SSSR count). The van der Waals surface area contributed by atoms with E-state index in [1.54, 1.807) is 0 Å². The van der Waals surface area contributed by atoms with E-state index in [0.29, 0.717) is 25.6 Å². The molecule has 1 aromatic heterocycles. The molecule has 1 atom stereocenters. The van der Waals surface area contributed by atoms with Crippen LogP contribution in [0.3, 0.4) is 0 Å². The van der Waals surface area contributed by atoms with E-state index in [2.05, 4.69) is 32.0 Å². The number of nitrogens with zero attached hydrogens (tertiary/aromatic N) is 4. The van der Waals surface area contributed by atoms with Crippen LogP contribution in [0.5, 0.6) is 11.5 Å². The van der Waals surface area contributed by atoms with Crippen LogP contribution in [-0.4, -0.2) is 39.6 Å². The van der Waals surface area contributed by atoms with Gasteiger partial charge in [-0.1, -0.05) is 6.07 Å². The van der Waals surface area contributed by atoms with E-state index in [1.807, 2.05) is 6.07 Å². The number of rotatable bonds is 3. The number of anilines is 2. The van der Waals surface area contributed by atoms with Gasteiger partial charge in [0.05, 0.1) is 19.8 Å². The fraction of sp³-hybridized carbons (Fsp3) is 0.471. The zero-order valence-corrected chi connectivity index (χ0v) is 14.0. The van der Waals surface area contributed by atoms with E-state index in [1.165, 1.54) is 5.56 Å². The van der Waals surface area contributed by atoms with Crippen molar-refractivity contribution in [3.05, 3.63) is 29.6 Å². The molecule has 132 valence electrons. The van der Waals surface area contributed by atoms with Gasteiger partial charge in [-0.3, -0.25) is 4.90 Å². The van der Waals surface area contributed by atoms with E-state index in [0.717, 1.165) is 37.3 Å². The lowest BCUT2D eigenvalue weighted by atomic mass is 10.0. The summed E-state index contributed by atoms with van der Waals surface area (Å²) in [7, 11) is 0. The Bertz CT molecular complexity index is 749. The quantitative estimate of drug-likeness (QED) is 0.863. The molecular formula is C17H22N6O2. The standard InChI is InChI=1S/C17H22N6O2/c18-16-20-15(21-17(19)22-16)10-23-6-1-3-12(23)11-4-5-13-14(9-11)25-8-2-7-24-13/h4-5,9,12H,1-3,6-8,10H2,(H4,18,19,20,21,22). The van der Waals surface area contributed by atoms with Crippen LogP contribution in [0.2, 0.25) is 0 Å². The number of fused-ring (bicyclic) bond motifs is 1. The Labute approximate surface area is 146 Å². The van der Waals surface area contributed by atoms with Crippen molar-refractivity contribution >= 4 is 11.9 Å². The second kappa shape index (κ2) is 6.72. The van der Waals surface area contributed by atoms with E-state index in [9.17, 15) is 0 Å². The molecule has 8 nitrogen and oxygen atoms in total. The minimum absolute atomic E-state index is 0.161. The van der Waals surface area contributed by atoms with Crippen LogP contribution in [0.25, 0.3) is 0 Å². The maximum Gasteiger partial charge on any atom is 0.225 e. The molecule has 0 aliphatic carbocycles. The Morgan fingerprint density at radius 2 is 1.76 bits per heavy atom. The lowest BCUT2D eigenvalue weighted by molar-refractivity contribution is 0.241. The summed E-state index contributed by atoms with van der Waals surface area (Å²) in [5.41, 5.74) is 12.6. The number of likely N-dealkylation sites (tertiary alicyclic amines) is 1. The van der Waals surface area contributed by atoms with Crippen molar-refractivity contribution in [2.24, 2.45) is 0 Å².